The van der Waals surface area contributed by atoms with Crippen molar-refractivity contribution in [2.75, 3.05) is 38.7 Å². The lowest BCUT2D eigenvalue weighted by atomic mass is 9.97. The quantitative estimate of drug-likeness (QED) is 0.749. The first-order valence-electron chi connectivity index (χ1n) is 8.93. The molecule has 1 aromatic rings. The molecule has 0 spiro atoms. The van der Waals surface area contributed by atoms with E-state index >= 15 is 0 Å². The molecule has 0 aromatic carbocycles. The van der Waals surface area contributed by atoms with Crippen LogP contribution in [0, 0.1) is 5.92 Å². The summed E-state index contributed by atoms with van der Waals surface area (Å²) in [6.07, 6.45) is 4.86. The highest BCUT2D eigenvalue weighted by molar-refractivity contribution is 7.99. The molecule has 1 aliphatic heterocycles. The Bertz CT molecular complexity index is 569. The Kier molecular flexibility index (Phi) is 5.81. The van der Waals surface area contributed by atoms with Gasteiger partial charge in [-0.15, -0.1) is 10.2 Å². The molecule has 0 N–H and O–H groups in total. The average Bonchev–Trinajstić information content (AvgIpc) is 3.31. The molecular weight excluding hydrogens is 322 g/mol. The maximum absolute atomic E-state index is 12.5. The summed E-state index contributed by atoms with van der Waals surface area (Å²) in [6, 6.07) is 0. The molecule has 2 fully saturated rings. The Morgan fingerprint density at radius 1 is 1.29 bits per heavy atom. The van der Waals surface area contributed by atoms with Crippen LogP contribution in [0.25, 0.3) is 0 Å². The van der Waals surface area contributed by atoms with Crippen LogP contribution < -0.4 is 0 Å². The van der Waals surface area contributed by atoms with Gasteiger partial charge < -0.3 is 14.4 Å². The number of carbonyl (C=O) groups is 1. The molecule has 1 unspecified atom stereocenters. The molecule has 1 aromatic heterocycles. The molecule has 1 saturated heterocycles. The van der Waals surface area contributed by atoms with E-state index < -0.39 is 0 Å². The van der Waals surface area contributed by atoms with Crippen molar-refractivity contribution in [3.8, 4) is 0 Å². The van der Waals surface area contributed by atoms with Gasteiger partial charge in [-0.3, -0.25) is 4.79 Å². The Labute approximate surface area is 149 Å². The van der Waals surface area contributed by atoms with Gasteiger partial charge in [-0.05, 0) is 51.4 Å². The van der Waals surface area contributed by atoms with Gasteiger partial charge in [0.2, 0.25) is 5.91 Å². The largest absolute Gasteiger partial charge is 0.341 e. The van der Waals surface area contributed by atoms with Gasteiger partial charge in [0.1, 0.15) is 11.6 Å². The lowest BCUT2D eigenvalue weighted by molar-refractivity contribution is -0.129. The lowest BCUT2D eigenvalue weighted by Gasteiger charge is -2.32. The van der Waals surface area contributed by atoms with Crippen LogP contribution in [0.5, 0.6) is 0 Å². The fourth-order valence-corrected chi connectivity index (χ4v) is 4.40. The zero-order chi connectivity index (χ0) is 17.1. The minimum Gasteiger partial charge on any atom is -0.341 e. The van der Waals surface area contributed by atoms with E-state index in [0.717, 1.165) is 55.8 Å². The number of piperidine rings is 1. The fourth-order valence-electron chi connectivity index (χ4n) is 3.25. The first-order valence-corrected chi connectivity index (χ1v) is 10.1. The first-order chi connectivity index (χ1) is 11.5. The van der Waals surface area contributed by atoms with Crippen LogP contribution in [0.2, 0.25) is 0 Å². The summed E-state index contributed by atoms with van der Waals surface area (Å²) < 4.78 is 2.11. The Morgan fingerprint density at radius 3 is 2.79 bits per heavy atom. The lowest BCUT2D eigenvalue weighted by Crippen LogP contribution is -2.40. The minimum absolute atomic E-state index is 0.293. The number of amides is 1. The monoisotopic (exact) mass is 351 g/mol. The summed E-state index contributed by atoms with van der Waals surface area (Å²) in [7, 11) is 6.11. The van der Waals surface area contributed by atoms with Crippen molar-refractivity contribution in [1.82, 2.24) is 24.6 Å². The fraction of sp³-hybridized carbons (Fsp3) is 0.824. The van der Waals surface area contributed by atoms with E-state index in [4.69, 9.17) is 0 Å². The molecule has 1 atom stereocenters. The van der Waals surface area contributed by atoms with Crippen molar-refractivity contribution in [3.63, 3.8) is 0 Å². The maximum Gasteiger partial charge on any atom is 0.232 e. The van der Waals surface area contributed by atoms with Crippen molar-refractivity contribution in [2.45, 2.75) is 38.1 Å². The van der Waals surface area contributed by atoms with E-state index in [9.17, 15) is 4.79 Å². The van der Waals surface area contributed by atoms with Gasteiger partial charge >= 0.3 is 0 Å². The molecule has 0 bridgehead atoms. The zero-order valence-corrected chi connectivity index (χ0v) is 15.9. The van der Waals surface area contributed by atoms with Crippen LogP contribution in [0.3, 0.4) is 0 Å². The van der Waals surface area contributed by atoms with Gasteiger partial charge in [0.05, 0.1) is 12.3 Å². The van der Waals surface area contributed by atoms with E-state index in [-0.39, 0.29) is 0 Å². The van der Waals surface area contributed by atoms with Crippen molar-refractivity contribution >= 4 is 17.7 Å². The molecular formula is C17H29N5OS. The second kappa shape index (κ2) is 7.87. The number of likely N-dealkylation sites (tertiary alicyclic amines) is 1. The van der Waals surface area contributed by atoms with Gasteiger partial charge in [-0.25, -0.2) is 0 Å². The smallest absolute Gasteiger partial charge is 0.232 e. The summed E-state index contributed by atoms with van der Waals surface area (Å²) >= 11 is 1.81. The standard InChI is InChI=1S/C17H29N5OS/c1-20(2)10-15-18-19-17(21(15)3)14-5-4-8-22(9-14)16(23)12-24-11-13-6-7-13/h13-14H,4-12H2,1-3H3. The molecule has 134 valence electrons. The average molecular weight is 352 g/mol. The summed E-state index contributed by atoms with van der Waals surface area (Å²) in [5.74, 6) is 5.28. The third kappa shape index (κ3) is 4.51. The zero-order valence-electron chi connectivity index (χ0n) is 15.1. The van der Waals surface area contributed by atoms with E-state index in [2.05, 4.69) is 19.7 Å². The molecule has 3 rings (SSSR count). The number of hydrogen-bond acceptors (Lipinski definition) is 5. The molecule has 2 heterocycles. The van der Waals surface area contributed by atoms with Gasteiger partial charge in [0, 0.05) is 26.1 Å². The first kappa shape index (κ1) is 17.7. The van der Waals surface area contributed by atoms with Crippen LogP contribution in [-0.2, 0) is 18.4 Å². The van der Waals surface area contributed by atoms with Crippen molar-refractivity contribution in [3.05, 3.63) is 11.6 Å². The predicted octanol–water partition coefficient (Wildman–Crippen LogP) is 1.73. The van der Waals surface area contributed by atoms with Crippen LogP contribution in [-0.4, -0.2) is 69.2 Å². The number of thioether (sulfide) groups is 1. The maximum atomic E-state index is 12.5. The highest BCUT2D eigenvalue weighted by atomic mass is 32.2. The van der Waals surface area contributed by atoms with Crippen molar-refractivity contribution in [2.24, 2.45) is 13.0 Å². The molecule has 24 heavy (non-hydrogen) atoms. The third-order valence-corrected chi connectivity index (χ3v) is 6.03. The van der Waals surface area contributed by atoms with E-state index in [1.165, 1.54) is 12.8 Å². The van der Waals surface area contributed by atoms with Crippen LogP contribution in [0.15, 0.2) is 0 Å². The number of aromatic nitrogens is 3. The van der Waals surface area contributed by atoms with E-state index in [0.29, 0.717) is 17.6 Å². The summed E-state index contributed by atoms with van der Waals surface area (Å²) in [5, 5.41) is 8.76. The highest BCUT2D eigenvalue weighted by Gasteiger charge is 2.29. The summed E-state index contributed by atoms with van der Waals surface area (Å²) in [6.45, 7) is 2.47. The SMILES string of the molecule is CN(C)Cc1nnc(C2CCCN(C(=O)CSCC3CC3)C2)n1C. The normalized spacial score (nSPS) is 21.5. The predicted molar refractivity (Wildman–Crippen MR) is 97.0 cm³/mol. The van der Waals surface area contributed by atoms with Crippen LogP contribution in [0.4, 0.5) is 0 Å². The number of hydrogen-bond donors (Lipinski definition) is 0. The number of nitrogens with zero attached hydrogens (tertiary/aromatic N) is 5. The van der Waals surface area contributed by atoms with Crippen LogP contribution in [0.1, 0.15) is 43.3 Å². The Balaban J connectivity index is 1.56. The second-order valence-corrected chi connectivity index (χ2v) is 8.44. The molecule has 2 aliphatic rings. The van der Waals surface area contributed by atoms with Gasteiger partial charge in [0.15, 0.2) is 0 Å². The van der Waals surface area contributed by atoms with Crippen LogP contribution >= 0.6 is 11.8 Å². The summed E-state index contributed by atoms with van der Waals surface area (Å²) in [4.78, 5) is 16.6. The van der Waals surface area contributed by atoms with Crippen molar-refractivity contribution in [1.29, 1.82) is 0 Å². The molecule has 0 radical (unpaired) electrons. The third-order valence-electron chi connectivity index (χ3n) is 4.87. The second-order valence-electron chi connectivity index (χ2n) is 7.41. The van der Waals surface area contributed by atoms with Crippen molar-refractivity contribution < 1.29 is 4.79 Å². The van der Waals surface area contributed by atoms with E-state index in [1.807, 2.05) is 26.0 Å². The highest BCUT2D eigenvalue weighted by Crippen LogP contribution is 2.32. The Morgan fingerprint density at radius 2 is 2.08 bits per heavy atom. The molecule has 1 saturated carbocycles. The topological polar surface area (TPSA) is 54.3 Å². The molecule has 7 heteroatoms. The number of rotatable bonds is 7. The van der Waals surface area contributed by atoms with Gasteiger partial charge in [-0.2, -0.15) is 11.8 Å². The summed E-state index contributed by atoms with van der Waals surface area (Å²) in [5.41, 5.74) is 0. The molecule has 1 amide bonds. The number of carbonyl (C=O) groups excluding carboxylic acids is 1. The van der Waals surface area contributed by atoms with Gasteiger partial charge in [-0.1, -0.05) is 0 Å². The molecule has 1 aliphatic carbocycles. The minimum atomic E-state index is 0.293. The van der Waals surface area contributed by atoms with Gasteiger partial charge in [0.25, 0.3) is 0 Å². The Hall–Kier alpha value is -1.08. The molecule has 6 nitrogen and oxygen atoms in total. The van der Waals surface area contributed by atoms with E-state index in [1.54, 1.807) is 11.8 Å².